The Hall–Kier alpha value is -2.06. The van der Waals surface area contributed by atoms with Crippen LogP contribution >= 0.6 is 15.9 Å². The summed E-state index contributed by atoms with van der Waals surface area (Å²) in [6, 6.07) is 10.7. The Morgan fingerprint density at radius 2 is 1.79 bits per heavy atom. The number of carbonyl (C=O) groups is 1. The highest BCUT2D eigenvalue weighted by Gasteiger charge is 2.18. The van der Waals surface area contributed by atoms with Crippen molar-refractivity contribution < 1.29 is 22.0 Å². The van der Waals surface area contributed by atoms with E-state index < -0.39 is 39.5 Å². The predicted octanol–water partition coefficient (Wildman–Crippen LogP) is 3.39. The molecule has 0 bridgehead atoms. The number of sulfonamides is 1. The molecule has 126 valence electrons. The van der Waals surface area contributed by atoms with Gasteiger partial charge < -0.3 is 0 Å². The molecule has 0 unspecified atom stereocenters. The van der Waals surface area contributed by atoms with Crippen LogP contribution in [0.4, 0.5) is 8.78 Å². The fraction of sp³-hybridized carbons (Fsp3) is 0.0625. The summed E-state index contributed by atoms with van der Waals surface area (Å²) in [6.07, 6.45) is 0.561. The summed E-state index contributed by atoms with van der Waals surface area (Å²) in [5.74, 6) is -2.91. The highest BCUT2D eigenvalue weighted by molar-refractivity contribution is 9.10. The van der Waals surface area contributed by atoms with Crippen LogP contribution in [0, 0.1) is 11.6 Å². The molecular weight excluding hydrogens is 404 g/mol. The molecule has 0 saturated heterocycles. The first-order chi connectivity index (χ1) is 11.3. The van der Waals surface area contributed by atoms with Crippen LogP contribution in [0.3, 0.4) is 0 Å². The smallest absolute Gasteiger partial charge is 0.257 e. The molecule has 0 saturated carbocycles. The summed E-state index contributed by atoms with van der Waals surface area (Å²) in [5.41, 5.74) is 0.114. The van der Waals surface area contributed by atoms with Crippen molar-refractivity contribution in [2.75, 3.05) is 0 Å². The summed E-state index contributed by atoms with van der Waals surface area (Å²) in [5, 5.41) is 0.813. The van der Waals surface area contributed by atoms with Crippen LogP contribution in [0.1, 0.15) is 11.1 Å². The molecule has 0 aliphatic rings. The summed E-state index contributed by atoms with van der Waals surface area (Å²) in [4.78, 5) is 11.8. The second kappa shape index (κ2) is 7.67. The molecule has 0 atom stereocenters. The Morgan fingerprint density at radius 3 is 2.46 bits per heavy atom. The first kappa shape index (κ1) is 18.3. The molecule has 0 fully saturated rings. The van der Waals surface area contributed by atoms with Crippen LogP contribution in [0.15, 0.2) is 52.3 Å². The number of amides is 1. The van der Waals surface area contributed by atoms with Crippen molar-refractivity contribution in [3.8, 4) is 0 Å². The number of hydrogen-bond acceptors (Lipinski definition) is 3. The average Bonchev–Trinajstić information content (AvgIpc) is 2.54. The second-order valence-electron chi connectivity index (χ2n) is 4.78. The second-order valence-corrected chi connectivity index (χ2v) is 7.20. The van der Waals surface area contributed by atoms with Crippen LogP contribution in [0.5, 0.6) is 0 Å². The summed E-state index contributed by atoms with van der Waals surface area (Å²) < 4.78 is 52.8. The molecule has 1 amide bonds. The zero-order valence-corrected chi connectivity index (χ0v) is 14.6. The largest absolute Gasteiger partial charge is 0.274 e. The van der Waals surface area contributed by atoms with E-state index in [9.17, 15) is 22.0 Å². The molecule has 24 heavy (non-hydrogen) atoms. The lowest BCUT2D eigenvalue weighted by molar-refractivity contribution is -0.118. The van der Waals surface area contributed by atoms with Crippen molar-refractivity contribution in [2.24, 2.45) is 0 Å². The number of rotatable bonds is 5. The van der Waals surface area contributed by atoms with E-state index in [1.165, 1.54) is 6.08 Å². The van der Waals surface area contributed by atoms with E-state index in [2.05, 4.69) is 15.9 Å². The van der Waals surface area contributed by atoms with Crippen molar-refractivity contribution >= 4 is 37.9 Å². The van der Waals surface area contributed by atoms with Crippen LogP contribution in [0.2, 0.25) is 0 Å². The Morgan fingerprint density at radius 1 is 1.12 bits per heavy atom. The van der Waals surface area contributed by atoms with Crippen molar-refractivity contribution in [3.05, 3.63) is 75.1 Å². The van der Waals surface area contributed by atoms with Crippen molar-refractivity contribution in [1.29, 1.82) is 0 Å². The van der Waals surface area contributed by atoms with Crippen molar-refractivity contribution in [1.82, 2.24) is 4.72 Å². The molecule has 2 rings (SSSR count). The van der Waals surface area contributed by atoms with E-state index in [4.69, 9.17) is 0 Å². The van der Waals surface area contributed by atoms with Gasteiger partial charge in [0.2, 0.25) is 5.91 Å². The Bertz CT molecular complexity index is 884. The maximum Gasteiger partial charge on any atom is 0.257 e. The summed E-state index contributed by atoms with van der Waals surface area (Å²) in [6.45, 7) is 0. The minimum Gasteiger partial charge on any atom is -0.274 e. The van der Waals surface area contributed by atoms with E-state index in [0.717, 1.165) is 17.5 Å². The summed E-state index contributed by atoms with van der Waals surface area (Å²) in [7, 11) is -4.07. The van der Waals surface area contributed by atoms with Crippen LogP contribution in [-0.2, 0) is 21.2 Å². The predicted molar refractivity (Wildman–Crippen MR) is 90.3 cm³/mol. The van der Waals surface area contributed by atoms with E-state index in [-0.39, 0.29) is 4.47 Å². The number of halogens is 3. The van der Waals surface area contributed by atoms with Gasteiger partial charge in [0.25, 0.3) is 10.0 Å². The van der Waals surface area contributed by atoms with Gasteiger partial charge in [-0.25, -0.2) is 21.9 Å². The SMILES string of the molecule is O=C(Cc1c(F)ccc(Br)c1F)NS(=O)(=O)C=Cc1ccccc1. The number of nitrogens with one attached hydrogen (secondary N) is 1. The zero-order chi connectivity index (χ0) is 17.7. The van der Waals surface area contributed by atoms with Crippen molar-refractivity contribution in [3.63, 3.8) is 0 Å². The maximum atomic E-state index is 13.8. The van der Waals surface area contributed by atoms with E-state index in [1.54, 1.807) is 35.1 Å². The van der Waals surface area contributed by atoms with Gasteiger partial charge in [-0.1, -0.05) is 30.3 Å². The molecule has 0 aliphatic carbocycles. The molecule has 0 aliphatic heterocycles. The first-order valence-corrected chi connectivity index (χ1v) is 9.03. The summed E-state index contributed by atoms with van der Waals surface area (Å²) >= 11 is 2.88. The van der Waals surface area contributed by atoms with Gasteiger partial charge in [-0.2, -0.15) is 0 Å². The molecule has 0 heterocycles. The number of carbonyl (C=O) groups excluding carboxylic acids is 1. The van der Waals surface area contributed by atoms with Gasteiger partial charge in [0.15, 0.2) is 0 Å². The molecule has 0 radical (unpaired) electrons. The molecule has 0 spiro atoms. The van der Waals surface area contributed by atoms with E-state index >= 15 is 0 Å². The van der Waals surface area contributed by atoms with Gasteiger partial charge >= 0.3 is 0 Å². The van der Waals surface area contributed by atoms with Gasteiger partial charge in [-0.05, 0) is 39.7 Å². The lowest BCUT2D eigenvalue weighted by atomic mass is 10.1. The fourth-order valence-electron chi connectivity index (χ4n) is 1.85. The van der Waals surface area contributed by atoms with Crippen LogP contribution < -0.4 is 4.72 Å². The molecule has 2 aromatic rings. The highest BCUT2D eigenvalue weighted by atomic mass is 79.9. The molecule has 0 aromatic heterocycles. The Balaban J connectivity index is 2.09. The van der Waals surface area contributed by atoms with Gasteiger partial charge in [-0.3, -0.25) is 4.79 Å². The van der Waals surface area contributed by atoms with Crippen LogP contribution in [-0.4, -0.2) is 14.3 Å². The molecule has 4 nitrogen and oxygen atoms in total. The number of benzene rings is 2. The highest BCUT2D eigenvalue weighted by Crippen LogP contribution is 2.22. The molecule has 1 N–H and O–H groups in total. The lowest BCUT2D eigenvalue weighted by Gasteiger charge is -2.07. The first-order valence-electron chi connectivity index (χ1n) is 6.69. The molecule has 2 aromatic carbocycles. The van der Waals surface area contributed by atoms with Gasteiger partial charge in [-0.15, -0.1) is 0 Å². The Kier molecular flexibility index (Phi) is 5.84. The Labute approximate surface area is 146 Å². The van der Waals surface area contributed by atoms with Gasteiger partial charge in [0, 0.05) is 5.56 Å². The molecule has 8 heteroatoms. The fourth-order valence-corrected chi connectivity index (χ4v) is 3.02. The third-order valence-electron chi connectivity index (χ3n) is 2.97. The van der Waals surface area contributed by atoms with Crippen molar-refractivity contribution in [2.45, 2.75) is 6.42 Å². The zero-order valence-electron chi connectivity index (χ0n) is 12.2. The average molecular weight is 416 g/mol. The minimum atomic E-state index is -4.07. The van der Waals surface area contributed by atoms with E-state index in [0.29, 0.717) is 5.56 Å². The topological polar surface area (TPSA) is 63.2 Å². The minimum absolute atomic E-state index is 0.0152. The number of hydrogen-bond donors (Lipinski definition) is 1. The van der Waals surface area contributed by atoms with Crippen LogP contribution in [0.25, 0.3) is 6.08 Å². The monoisotopic (exact) mass is 415 g/mol. The standard InChI is InChI=1S/C16H12BrF2NO3S/c17-13-6-7-14(18)12(16(13)19)10-15(21)20-24(22,23)9-8-11-4-2-1-3-5-11/h1-9H,10H2,(H,20,21). The maximum absolute atomic E-state index is 13.8. The lowest BCUT2D eigenvalue weighted by Crippen LogP contribution is -2.30. The third kappa shape index (κ3) is 4.97. The van der Waals surface area contributed by atoms with Gasteiger partial charge in [0.05, 0.1) is 16.3 Å². The molecular formula is C16H12BrF2NO3S. The third-order valence-corrected chi connectivity index (χ3v) is 4.59. The van der Waals surface area contributed by atoms with E-state index in [1.807, 2.05) is 0 Å². The normalized spacial score (nSPS) is 11.6. The van der Waals surface area contributed by atoms with Gasteiger partial charge in [0.1, 0.15) is 11.6 Å². The quantitative estimate of drug-likeness (QED) is 0.761.